The Hall–Kier alpha value is -2.15. The molecule has 7 nitrogen and oxygen atoms in total. The van der Waals surface area contributed by atoms with E-state index in [1.54, 1.807) is 6.20 Å². The van der Waals surface area contributed by atoms with Gasteiger partial charge in [0.2, 0.25) is 5.95 Å². The van der Waals surface area contributed by atoms with Gasteiger partial charge in [0.15, 0.2) is 5.82 Å². The van der Waals surface area contributed by atoms with Gasteiger partial charge in [-0.05, 0) is 38.9 Å². The second-order valence-corrected chi connectivity index (χ2v) is 5.73. The summed E-state index contributed by atoms with van der Waals surface area (Å²) in [5, 5.41) is 13.8. The quantitative estimate of drug-likeness (QED) is 0.646. The standard InChI is InChI=1S/C15H23N7/c1-16-7-3-9-22(2)15-17-8-6-13(19-15)18-14-10-12(20-21-14)11-4-5-11/h6,8,10-11,16H,3-5,7,9H2,1-2H3,(H2,17,18,19,20,21). The molecule has 0 amide bonds. The van der Waals surface area contributed by atoms with Crippen molar-refractivity contribution in [2.24, 2.45) is 0 Å². The summed E-state index contributed by atoms with van der Waals surface area (Å²) in [5.41, 5.74) is 1.21. The zero-order valence-corrected chi connectivity index (χ0v) is 13.1. The Labute approximate surface area is 130 Å². The van der Waals surface area contributed by atoms with Gasteiger partial charge in [-0.25, -0.2) is 4.98 Å². The molecule has 2 aromatic heterocycles. The Morgan fingerprint density at radius 1 is 1.36 bits per heavy atom. The van der Waals surface area contributed by atoms with E-state index in [0.29, 0.717) is 5.92 Å². The van der Waals surface area contributed by atoms with Crippen molar-refractivity contribution in [3.63, 3.8) is 0 Å². The van der Waals surface area contributed by atoms with E-state index in [-0.39, 0.29) is 0 Å². The first-order chi connectivity index (χ1) is 10.8. The van der Waals surface area contributed by atoms with Crippen LogP contribution in [-0.2, 0) is 0 Å². The number of nitrogens with zero attached hydrogens (tertiary/aromatic N) is 4. The smallest absolute Gasteiger partial charge is 0.227 e. The van der Waals surface area contributed by atoms with Crippen LogP contribution in [0.15, 0.2) is 18.3 Å². The van der Waals surface area contributed by atoms with Crippen molar-refractivity contribution in [2.75, 3.05) is 37.4 Å². The first kappa shape index (κ1) is 14.8. The Morgan fingerprint density at radius 3 is 3.00 bits per heavy atom. The highest BCUT2D eigenvalue weighted by molar-refractivity contribution is 5.53. The maximum Gasteiger partial charge on any atom is 0.227 e. The number of aromatic nitrogens is 4. The molecule has 7 heteroatoms. The van der Waals surface area contributed by atoms with Crippen molar-refractivity contribution in [3.8, 4) is 0 Å². The van der Waals surface area contributed by atoms with Crippen molar-refractivity contribution in [1.82, 2.24) is 25.5 Å². The van der Waals surface area contributed by atoms with Gasteiger partial charge in [0.05, 0.1) is 0 Å². The minimum atomic E-state index is 0.669. The summed E-state index contributed by atoms with van der Waals surface area (Å²) in [4.78, 5) is 10.9. The van der Waals surface area contributed by atoms with E-state index in [1.807, 2.05) is 20.2 Å². The fourth-order valence-corrected chi connectivity index (χ4v) is 2.33. The topological polar surface area (TPSA) is 81.8 Å². The molecule has 3 N–H and O–H groups in total. The van der Waals surface area contributed by atoms with E-state index >= 15 is 0 Å². The number of hydrogen-bond acceptors (Lipinski definition) is 6. The highest BCUT2D eigenvalue weighted by Gasteiger charge is 2.25. The van der Waals surface area contributed by atoms with Gasteiger partial charge in [0, 0.05) is 37.5 Å². The number of aromatic amines is 1. The van der Waals surface area contributed by atoms with Crippen LogP contribution in [0.4, 0.5) is 17.6 Å². The number of anilines is 3. The van der Waals surface area contributed by atoms with Crippen LogP contribution in [-0.4, -0.2) is 47.4 Å². The van der Waals surface area contributed by atoms with Crippen molar-refractivity contribution in [3.05, 3.63) is 24.0 Å². The first-order valence-electron chi connectivity index (χ1n) is 7.77. The third-order valence-corrected chi connectivity index (χ3v) is 3.78. The summed E-state index contributed by atoms with van der Waals surface area (Å²) in [7, 11) is 3.97. The predicted octanol–water partition coefficient (Wildman–Crippen LogP) is 1.87. The van der Waals surface area contributed by atoms with Crippen molar-refractivity contribution in [1.29, 1.82) is 0 Å². The van der Waals surface area contributed by atoms with Gasteiger partial charge in [-0.3, -0.25) is 5.10 Å². The van der Waals surface area contributed by atoms with E-state index in [4.69, 9.17) is 0 Å². The van der Waals surface area contributed by atoms with Crippen LogP contribution in [0.3, 0.4) is 0 Å². The zero-order chi connectivity index (χ0) is 15.4. The molecule has 0 saturated heterocycles. The van der Waals surface area contributed by atoms with Gasteiger partial charge in [-0.1, -0.05) is 0 Å². The third kappa shape index (κ3) is 3.73. The Kier molecular flexibility index (Phi) is 4.53. The molecule has 3 rings (SSSR count). The van der Waals surface area contributed by atoms with Crippen LogP contribution in [0, 0.1) is 0 Å². The zero-order valence-electron chi connectivity index (χ0n) is 13.1. The number of hydrogen-bond donors (Lipinski definition) is 3. The molecule has 1 saturated carbocycles. The largest absolute Gasteiger partial charge is 0.344 e. The molecule has 0 radical (unpaired) electrons. The van der Waals surface area contributed by atoms with E-state index in [0.717, 1.165) is 37.1 Å². The third-order valence-electron chi connectivity index (χ3n) is 3.78. The highest BCUT2D eigenvalue weighted by atomic mass is 15.3. The predicted molar refractivity (Wildman–Crippen MR) is 87.7 cm³/mol. The molecule has 2 aromatic rings. The second-order valence-electron chi connectivity index (χ2n) is 5.73. The van der Waals surface area contributed by atoms with Crippen molar-refractivity contribution in [2.45, 2.75) is 25.2 Å². The fraction of sp³-hybridized carbons (Fsp3) is 0.533. The Bertz CT molecular complexity index is 605. The lowest BCUT2D eigenvalue weighted by Crippen LogP contribution is -2.24. The molecule has 0 bridgehead atoms. The Balaban J connectivity index is 1.62. The minimum absolute atomic E-state index is 0.669. The van der Waals surface area contributed by atoms with Crippen molar-refractivity contribution >= 4 is 17.6 Å². The maximum atomic E-state index is 4.55. The van der Waals surface area contributed by atoms with Crippen LogP contribution in [0.2, 0.25) is 0 Å². The summed E-state index contributed by atoms with van der Waals surface area (Å²) in [6, 6.07) is 3.92. The molecule has 22 heavy (non-hydrogen) atoms. The van der Waals surface area contributed by atoms with E-state index in [1.165, 1.54) is 18.5 Å². The molecule has 2 heterocycles. The van der Waals surface area contributed by atoms with Gasteiger partial charge < -0.3 is 15.5 Å². The van der Waals surface area contributed by atoms with Gasteiger partial charge >= 0.3 is 0 Å². The molecule has 0 unspecified atom stereocenters. The highest BCUT2D eigenvalue weighted by Crippen LogP contribution is 2.39. The van der Waals surface area contributed by atoms with Crippen LogP contribution < -0.4 is 15.5 Å². The first-order valence-corrected chi connectivity index (χ1v) is 7.77. The van der Waals surface area contributed by atoms with Crippen molar-refractivity contribution < 1.29 is 0 Å². The van der Waals surface area contributed by atoms with E-state index in [9.17, 15) is 0 Å². The molecule has 1 fully saturated rings. The molecule has 1 aliphatic rings. The normalized spacial score (nSPS) is 14.1. The minimum Gasteiger partial charge on any atom is -0.344 e. The molecule has 0 aromatic carbocycles. The maximum absolute atomic E-state index is 4.55. The number of rotatable bonds is 8. The van der Waals surface area contributed by atoms with Gasteiger partial charge in [0.1, 0.15) is 5.82 Å². The van der Waals surface area contributed by atoms with Crippen LogP contribution >= 0.6 is 0 Å². The molecule has 0 spiro atoms. The molecular formula is C15H23N7. The molecule has 0 atom stereocenters. The van der Waals surface area contributed by atoms with Gasteiger partial charge in [0.25, 0.3) is 0 Å². The summed E-state index contributed by atoms with van der Waals surface area (Å²) < 4.78 is 0. The van der Waals surface area contributed by atoms with Crippen LogP contribution in [0.5, 0.6) is 0 Å². The summed E-state index contributed by atoms with van der Waals surface area (Å²) in [5.74, 6) is 2.96. The lowest BCUT2D eigenvalue weighted by atomic mass is 10.3. The summed E-state index contributed by atoms with van der Waals surface area (Å²) in [6.45, 7) is 1.90. The SMILES string of the molecule is CNCCCN(C)c1nccc(Nc2cc(C3CC3)[nH]n2)n1. The molecule has 1 aliphatic carbocycles. The monoisotopic (exact) mass is 301 g/mol. The van der Waals surface area contributed by atoms with E-state index < -0.39 is 0 Å². The molecule has 118 valence electrons. The van der Waals surface area contributed by atoms with Crippen LogP contribution in [0.1, 0.15) is 30.9 Å². The lowest BCUT2D eigenvalue weighted by Gasteiger charge is -2.17. The lowest BCUT2D eigenvalue weighted by molar-refractivity contribution is 0.704. The van der Waals surface area contributed by atoms with Gasteiger partial charge in [-0.2, -0.15) is 10.1 Å². The van der Waals surface area contributed by atoms with E-state index in [2.05, 4.69) is 41.8 Å². The Morgan fingerprint density at radius 2 is 2.23 bits per heavy atom. The number of H-pyrrole nitrogens is 1. The number of nitrogens with one attached hydrogen (secondary N) is 3. The summed E-state index contributed by atoms with van der Waals surface area (Å²) >= 11 is 0. The van der Waals surface area contributed by atoms with Gasteiger partial charge in [-0.15, -0.1) is 0 Å². The van der Waals surface area contributed by atoms with Crippen LogP contribution in [0.25, 0.3) is 0 Å². The molecular weight excluding hydrogens is 278 g/mol. The summed E-state index contributed by atoms with van der Waals surface area (Å²) in [6.07, 6.45) is 5.35. The fourth-order valence-electron chi connectivity index (χ4n) is 2.33. The average molecular weight is 301 g/mol. The second kappa shape index (κ2) is 6.74. The molecule has 0 aliphatic heterocycles. The average Bonchev–Trinajstić information content (AvgIpc) is 3.28.